The Kier molecular flexibility index (Phi) is 13.7. The minimum atomic E-state index is -4.93. The van der Waals surface area contributed by atoms with Gasteiger partial charge in [0.2, 0.25) is 17.3 Å². The molecule has 1 aromatic rings. The smallest absolute Gasteiger partial charge is 0.408 e. The fourth-order valence-electron chi connectivity index (χ4n) is 4.52. The van der Waals surface area contributed by atoms with Crippen molar-refractivity contribution in [3.63, 3.8) is 0 Å². The van der Waals surface area contributed by atoms with Gasteiger partial charge in [-0.05, 0) is 62.8 Å². The van der Waals surface area contributed by atoms with Crippen molar-refractivity contribution in [3.8, 4) is 0 Å². The average molecular weight is 570 g/mol. The molecule has 1 heterocycles. The number of nitrogens with one attached hydrogen (secondary N) is 3. The first-order valence-corrected chi connectivity index (χ1v) is 15.2. The molecular formula is C27H43N3O8S. The number of rotatable bonds is 8. The molecule has 39 heavy (non-hydrogen) atoms. The molecule has 0 spiro atoms. The summed E-state index contributed by atoms with van der Waals surface area (Å²) >= 11 is 0. The highest BCUT2D eigenvalue weighted by Gasteiger charge is 2.34. The third-order valence-electron chi connectivity index (χ3n) is 6.61. The van der Waals surface area contributed by atoms with Crippen LogP contribution in [-0.2, 0) is 30.9 Å². The molecule has 2 unspecified atom stereocenters. The molecule has 4 atom stereocenters. The van der Waals surface area contributed by atoms with Gasteiger partial charge < -0.3 is 25.8 Å². The molecule has 0 saturated carbocycles. The number of benzene rings is 1. The van der Waals surface area contributed by atoms with Gasteiger partial charge >= 0.3 is 6.09 Å². The topological polar surface area (TPSA) is 171 Å². The second kappa shape index (κ2) is 16.4. The highest BCUT2D eigenvalue weighted by atomic mass is 32.2. The largest absolute Gasteiger partial charge is 0.446 e. The number of carbonyl (C=O) groups excluding carboxylic acids is 3. The lowest BCUT2D eigenvalue weighted by Gasteiger charge is -2.26. The lowest BCUT2D eigenvalue weighted by molar-refractivity contribution is -0.125. The molecule has 12 heteroatoms. The number of carbonyl (C=O) groups is 3. The Labute approximate surface area is 231 Å². The summed E-state index contributed by atoms with van der Waals surface area (Å²) in [4.78, 5) is 38.3. The number of cyclic esters (lactones) is 1. The van der Waals surface area contributed by atoms with Gasteiger partial charge in [0.1, 0.15) is 12.1 Å². The van der Waals surface area contributed by atoms with E-state index in [-0.39, 0.29) is 37.2 Å². The molecule has 3 amide bonds. The van der Waals surface area contributed by atoms with Crippen LogP contribution in [0, 0.1) is 5.92 Å². The van der Waals surface area contributed by atoms with E-state index in [0.29, 0.717) is 25.8 Å². The van der Waals surface area contributed by atoms with E-state index in [4.69, 9.17) is 4.74 Å². The number of aliphatic hydroxyl groups is 1. The number of aryl methyl sites for hydroxylation is 1. The van der Waals surface area contributed by atoms with Crippen LogP contribution in [0.2, 0.25) is 0 Å². The monoisotopic (exact) mass is 569 g/mol. The third-order valence-corrected chi connectivity index (χ3v) is 7.55. The second-order valence-corrected chi connectivity index (χ2v) is 12.0. The van der Waals surface area contributed by atoms with Crippen LogP contribution in [0.5, 0.6) is 0 Å². The Morgan fingerprint density at radius 3 is 2.41 bits per heavy atom. The maximum absolute atomic E-state index is 13.1. The summed E-state index contributed by atoms with van der Waals surface area (Å²) in [5.41, 5.74) is -1.14. The normalized spacial score (nSPS) is 23.6. The van der Waals surface area contributed by atoms with Gasteiger partial charge in [0.25, 0.3) is 10.1 Å². The first-order valence-electron chi connectivity index (χ1n) is 13.7. The van der Waals surface area contributed by atoms with Gasteiger partial charge in [0.05, 0.1) is 6.04 Å². The Morgan fingerprint density at radius 2 is 1.74 bits per heavy atom. The minimum Gasteiger partial charge on any atom is -0.446 e. The van der Waals surface area contributed by atoms with E-state index in [1.54, 1.807) is 0 Å². The molecule has 1 aliphatic heterocycles. The van der Waals surface area contributed by atoms with Crippen molar-refractivity contribution >= 4 is 28.0 Å². The van der Waals surface area contributed by atoms with E-state index in [1.807, 2.05) is 44.2 Å². The number of amides is 3. The van der Waals surface area contributed by atoms with Crippen molar-refractivity contribution in [2.24, 2.45) is 5.92 Å². The van der Waals surface area contributed by atoms with Crippen LogP contribution >= 0.6 is 0 Å². The predicted octanol–water partition coefficient (Wildman–Crippen LogP) is 2.68. The molecule has 11 nitrogen and oxygen atoms in total. The van der Waals surface area contributed by atoms with Gasteiger partial charge in [0.15, 0.2) is 0 Å². The van der Waals surface area contributed by atoms with Crippen molar-refractivity contribution in [2.75, 3.05) is 6.54 Å². The van der Waals surface area contributed by atoms with Crippen LogP contribution in [-0.4, -0.2) is 66.2 Å². The number of hydrogen-bond donors (Lipinski definition) is 5. The first-order chi connectivity index (χ1) is 18.5. The molecule has 1 aromatic carbocycles. The lowest BCUT2D eigenvalue weighted by Crippen LogP contribution is -2.54. The molecule has 0 aliphatic carbocycles. The van der Waals surface area contributed by atoms with Gasteiger partial charge in [0, 0.05) is 13.0 Å². The quantitative estimate of drug-likeness (QED) is 0.297. The Hall–Kier alpha value is -2.70. The average Bonchev–Trinajstić information content (AvgIpc) is 2.86. The van der Waals surface area contributed by atoms with Crippen LogP contribution in [0.3, 0.4) is 0 Å². The van der Waals surface area contributed by atoms with E-state index < -0.39 is 39.6 Å². The van der Waals surface area contributed by atoms with Crippen molar-refractivity contribution in [1.29, 1.82) is 0 Å². The summed E-state index contributed by atoms with van der Waals surface area (Å²) in [5.74, 6) is -1.14. The molecule has 1 saturated heterocycles. The van der Waals surface area contributed by atoms with Gasteiger partial charge in [-0.2, -0.15) is 8.42 Å². The number of alkyl carbamates (subject to hydrolysis) is 1. The zero-order valence-electron chi connectivity index (χ0n) is 22.8. The molecule has 0 aromatic heterocycles. The number of hydrogen-bond acceptors (Lipinski definition) is 7. The van der Waals surface area contributed by atoms with E-state index in [2.05, 4.69) is 16.0 Å². The van der Waals surface area contributed by atoms with Crippen LogP contribution < -0.4 is 16.0 Å². The van der Waals surface area contributed by atoms with E-state index in [9.17, 15) is 32.5 Å². The second-order valence-electron chi connectivity index (χ2n) is 10.5. The van der Waals surface area contributed by atoms with Crippen LogP contribution in [0.1, 0.15) is 77.2 Å². The summed E-state index contributed by atoms with van der Waals surface area (Å²) in [6.07, 6.45) is 3.91. The minimum absolute atomic E-state index is 0.0208. The van der Waals surface area contributed by atoms with Gasteiger partial charge in [-0.3, -0.25) is 14.1 Å². The molecule has 1 fully saturated rings. The van der Waals surface area contributed by atoms with Crippen LogP contribution in [0.15, 0.2) is 30.3 Å². The maximum atomic E-state index is 13.1. The zero-order valence-corrected chi connectivity index (χ0v) is 23.6. The Bertz CT molecular complexity index is 1020. The molecule has 5 N–H and O–H groups in total. The number of aliphatic hydroxyl groups excluding tert-OH is 1. The van der Waals surface area contributed by atoms with Crippen molar-refractivity contribution in [1.82, 2.24) is 16.0 Å². The highest BCUT2D eigenvalue weighted by Crippen LogP contribution is 2.17. The third kappa shape index (κ3) is 12.8. The molecule has 1 aliphatic rings. The summed E-state index contributed by atoms with van der Waals surface area (Å²) in [7, 11) is -4.93. The van der Waals surface area contributed by atoms with Crippen LogP contribution in [0.25, 0.3) is 0 Å². The maximum Gasteiger partial charge on any atom is 0.408 e. The molecule has 220 valence electrons. The van der Waals surface area contributed by atoms with Gasteiger partial charge in [-0.25, -0.2) is 4.79 Å². The van der Waals surface area contributed by atoms with Crippen molar-refractivity contribution in [3.05, 3.63) is 35.9 Å². The summed E-state index contributed by atoms with van der Waals surface area (Å²) in [6, 6.07) is 7.46. The van der Waals surface area contributed by atoms with Crippen molar-refractivity contribution < 1.29 is 37.2 Å². The standard InChI is InChI=1S/C27H43N3O8S/c1-19(2)18-23-25(32)29-22(26(33)39(35,36)37)15-16-24(31)28-17-8-4-7-13-21(38-27(34)30-23)14-9-12-20-10-5-3-6-11-20/h3,5-6,10-11,19,21-23,26,33H,4,7-9,12-18H2,1-2H3,(H,28,31)(H,29,32)(H,30,34)(H,35,36,37)/t21?,22-,23-,26?/m0/s1. The fraction of sp³-hybridized carbons (Fsp3) is 0.667. The first kappa shape index (κ1) is 32.5. The SMILES string of the molecule is CC(C)C[C@@H]1NC(=O)OC(CCCc2ccccc2)CCCCCNC(=O)CC[C@@H](C(O)S(=O)(=O)O)NC1=O. The van der Waals surface area contributed by atoms with E-state index in [0.717, 1.165) is 25.7 Å². The fourth-order valence-corrected chi connectivity index (χ4v) is 5.14. The predicted molar refractivity (Wildman–Crippen MR) is 146 cm³/mol. The summed E-state index contributed by atoms with van der Waals surface area (Å²) in [5, 5.41) is 17.9. The van der Waals surface area contributed by atoms with E-state index in [1.165, 1.54) is 5.56 Å². The van der Waals surface area contributed by atoms with Crippen molar-refractivity contribution in [2.45, 2.75) is 102 Å². The summed E-state index contributed by atoms with van der Waals surface area (Å²) in [6.45, 7) is 4.11. The van der Waals surface area contributed by atoms with Gasteiger partial charge in [-0.1, -0.05) is 50.6 Å². The molecule has 0 bridgehead atoms. The number of ether oxygens (including phenoxy) is 1. The summed E-state index contributed by atoms with van der Waals surface area (Å²) < 4.78 is 38.3. The van der Waals surface area contributed by atoms with Crippen LogP contribution in [0.4, 0.5) is 4.79 Å². The lowest BCUT2D eigenvalue weighted by atomic mass is 10.0. The highest BCUT2D eigenvalue weighted by molar-refractivity contribution is 7.86. The zero-order chi connectivity index (χ0) is 28.8. The molecule has 0 radical (unpaired) electrons. The Balaban J connectivity index is 2.17. The van der Waals surface area contributed by atoms with E-state index >= 15 is 0 Å². The Morgan fingerprint density at radius 1 is 1.03 bits per heavy atom. The molecule has 2 rings (SSSR count). The molecular weight excluding hydrogens is 526 g/mol. The van der Waals surface area contributed by atoms with Gasteiger partial charge in [-0.15, -0.1) is 0 Å².